The molecule has 1 aromatic carbocycles. The van der Waals surface area contributed by atoms with Crippen molar-refractivity contribution >= 4 is 18.0 Å². The largest absolute Gasteiger partial charge is 0.469 e. The van der Waals surface area contributed by atoms with Gasteiger partial charge >= 0.3 is 12.1 Å². The highest BCUT2D eigenvalue weighted by molar-refractivity contribution is 5.88. The fourth-order valence-electron chi connectivity index (χ4n) is 4.75. The van der Waals surface area contributed by atoms with Crippen LogP contribution in [0, 0.1) is 5.92 Å². The van der Waals surface area contributed by atoms with Crippen molar-refractivity contribution in [2.45, 2.75) is 76.7 Å². The summed E-state index contributed by atoms with van der Waals surface area (Å²) in [4.78, 5) is 39.6. The van der Waals surface area contributed by atoms with Gasteiger partial charge < -0.3 is 25.0 Å². The zero-order valence-corrected chi connectivity index (χ0v) is 19.4. The van der Waals surface area contributed by atoms with Gasteiger partial charge in [0.25, 0.3) is 0 Å². The first-order valence-corrected chi connectivity index (χ1v) is 11.3. The smallest absolute Gasteiger partial charge is 0.408 e. The van der Waals surface area contributed by atoms with Crippen molar-refractivity contribution in [2.24, 2.45) is 5.92 Å². The number of alkyl carbamates (subject to hydrolysis) is 1. The first kappa shape index (κ1) is 24.0. The predicted octanol–water partition coefficient (Wildman–Crippen LogP) is 2.61. The van der Waals surface area contributed by atoms with Crippen LogP contribution in [0.5, 0.6) is 0 Å². The minimum Gasteiger partial charge on any atom is -0.469 e. The van der Waals surface area contributed by atoms with Gasteiger partial charge in [0.15, 0.2) is 0 Å². The summed E-state index contributed by atoms with van der Waals surface area (Å²) in [5.74, 6) is -0.842. The van der Waals surface area contributed by atoms with Crippen molar-refractivity contribution in [3.8, 4) is 0 Å². The minimum atomic E-state index is -0.637. The molecule has 0 spiro atoms. The Morgan fingerprint density at radius 2 is 1.84 bits per heavy atom. The third kappa shape index (κ3) is 6.22. The molecule has 0 aromatic heterocycles. The molecule has 0 bridgehead atoms. The molecule has 1 aromatic rings. The summed E-state index contributed by atoms with van der Waals surface area (Å²) in [5, 5.41) is 6.25. The molecule has 3 rings (SSSR count). The van der Waals surface area contributed by atoms with Crippen molar-refractivity contribution in [2.75, 3.05) is 13.7 Å². The van der Waals surface area contributed by atoms with E-state index in [1.54, 1.807) is 4.90 Å². The van der Waals surface area contributed by atoms with Crippen LogP contribution in [0.1, 0.15) is 52.0 Å². The Balaban J connectivity index is 1.58. The van der Waals surface area contributed by atoms with Crippen LogP contribution >= 0.6 is 0 Å². The minimum absolute atomic E-state index is 0.0588. The number of amides is 2. The van der Waals surface area contributed by atoms with E-state index < -0.39 is 12.1 Å². The Kier molecular flexibility index (Phi) is 7.77. The van der Waals surface area contributed by atoms with Crippen molar-refractivity contribution < 1.29 is 23.9 Å². The van der Waals surface area contributed by atoms with Gasteiger partial charge in [-0.1, -0.05) is 30.3 Å². The monoisotopic (exact) mass is 445 g/mol. The van der Waals surface area contributed by atoms with Crippen LogP contribution in [-0.2, 0) is 25.7 Å². The maximum atomic E-state index is 13.1. The van der Waals surface area contributed by atoms with Crippen molar-refractivity contribution in [3.63, 3.8) is 0 Å². The summed E-state index contributed by atoms with van der Waals surface area (Å²) >= 11 is 0. The van der Waals surface area contributed by atoms with Gasteiger partial charge in [-0.05, 0) is 52.0 Å². The van der Waals surface area contributed by atoms with Gasteiger partial charge in [-0.15, -0.1) is 0 Å². The molecule has 2 aliphatic rings. The van der Waals surface area contributed by atoms with E-state index in [2.05, 4.69) is 31.4 Å². The SMILES string of the molecule is COC(=O)C1CC(NC(C)(C)C)CCC1N1CC[C@H](NC(=O)OCc2ccccc2)C1=O. The lowest BCUT2D eigenvalue weighted by Gasteiger charge is -2.41. The maximum Gasteiger partial charge on any atom is 0.408 e. The normalized spacial score (nSPS) is 26.0. The Bertz CT molecular complexity index is 808. The Hall–Kier alpha value is -2.61. The second-order valence-electron chi connectivity index (χ2n) is 9.68. The lowest BCUT2D eigenvalue weighted by molar-refractivity contribution is -0.151. The zero-order valence-electron chi connectivity index (χ0n) is 19.4. The summed E-state index contributed by atoms with van der Waals surface area (Å²) in [6.07, 6.45) is 2.08. The fraction of sp³-hybridized carbons (Fsp3) is 0.625. The van der Waals surface area contributed by atoms with Crippen LogP contribution < -0.4 is 10.6 Å². The summed E-state index contributed by atoms with van der Waals surface area (Å²) in [6.45, 7) is 6.95. The molecule has 0 radical (unpaired) electrons. The van der Waals surface area contributed by atoms with Crippen LogP contribution in [0.15, 0.2) is 30.3 Å². The number of ether oxygens (including phenoxy) is 2. The number of carbonyl (C=O) groups is 3. The predicted molar refractivity (Wildman–Crippen MR) is 120 cm³/mol. The van der Waals surface area contributed by atoms with Gasteiger partial charge in [0.05, 0.1) is 13.0 Å². The maximum absolute atomic E-state index is 13.1. The lowest BCUT2D eigenvalue weighted by atomic mass is 9.80. The summed E-state index contributed by atoms with van der Waals surface area (Å²) in [6, 6.07) is 8.71. The number of nitrogens with zero attached hydrogens (tertiary/aromatic N) is 1. The number of benzene rings is 1. The van der Waals surface area contributed by atoms with E-state index in [0.717, 1.165) is 12.0 Å². The molecule has 2 N–H and O–H groups in total. The second-order valence-corrected chi connectivity index (χ2v) is 9.68. The quantitative estimate of drug-likeness (QED) is 0.654. The molecule has 4 atom stereocenters. The van der Waals surface area contributed by atoms with Crippen LogP contribution in [0.3, 0.4) is 0 Å². The molecule has 8 heteroatoms. The van der Waals surface area contributed by atoms with E-state index >= 15 is 0 Å². The van der Waals surface area contributed by atoms with Gasteiger partial charge in [0.1, 0.15) is 12.6 Å². The van der Waals surface area contributed by atoms with Crippen LogP contribution in [0.2, 0.25) is 0 Å². The highest BCUT2D eigenvalue weighted by Gasteiger charge is 2.45. The Morgan fingerprint density at radius 1 is 1.12 bits per heavy atom. The van der Waals surface area contributed by atoms with E-state index in [-0.39, 0.29) is 42.0 Å². The molecule has 32 heavy (non-hydrogen) atoms. The van der Waals surface area contributed by atoms with Gasteiger partial charge in [-0.2, -0.15) is 0 Å². The molecule has 1 heterocycles. The molecular weight excluding hydrogens is 410 g/mol. The molecule has 1 aliphatic carbocycles. The van der Waals surface area contributed by atoms with Crippen LogP contribution in [-0.4, -0.2) is 60.2 Å². The molecule has 176 valence electrons. The molecule has 3 unspecified atom stereocenters. The molecule has 1 aliphatic heterocycles. The number of methoxy groups -OCH3 is 1. The Labute approximate surface area is 190 Å². The van der Waals surface area contributed by atoms with Crippen molar-refractivity contribution in [1.82, 2.24) is 15.5 Å². The number of nitrogens with one attached hydrogen (secondary N) is 2. The Morgan fingerprint density at radius 3 is 2.50 bits per heavy atom. The van der Waals surface area contributed by atoms with E-state index in [1.807, 2.05) is 30.3 Å². The second kappa shape index (κ2) is 10.3. The molecular formula is C24H35N3O5. The number of rotatable bonds is 6. The van der Waals surface area contributed by atoms with Crippen LogP contribution in [0.4, 0.5) is 4.79 Å². The standard InChI is InChI=1S/C24H35N3O5/c1-24(2,3)26-17-10-11-20(18(14-17)22(29)31-4)27-13-12-19(21(27)28)25-23(30)32-15-16-8-6-5-7-9-16/h5-9,17-20,26H,10-15H2,1-4H3,(H,25,30)/t17?,18?,19-,20?/m0/s1. The number of esters is 1. The molecule has 1 saturated carbocycles. The summed E-state index contributed by atoms with van der Waals surface area (Å²) in [5.41, 5.74) is 0.820. The highest BCUT2D eigenvalue weighted by Crippen LogP contribution is 2.33. The third-order valence-electron chi connectivity index (χ3n) is 6.10. The van der Waals surface area contributed by atoms with Gasteiger partial charge in [0, 0.05) is 24.2 Å². The van der Waals surface area contributed by atoms with Crippen LogP contribution in [0.25, 0.3) is 0 Å². The highest BCUT2D eigenvalue weighted by atomic mass is 16.5. The van der Waals surface area contributed by atoms with Gasteiger partial charge in [-0.25, -0.2) is 4.79 Å². The van der Waals surface area contributed by atoms with E-state index in [0.29, 0.717) is 25.8 Å². The number of likely N-dealkylation sites (tertiary alicyclic amines) is 1. The van der Waals surface area contributed by atoms with Crippen molar-refractivity contribution in [1.29, 1.82) is 0 Å². The molecule has 2 fully saturated rings. The topological polar surface area (TPSA) is 97.0 Å². The molecule has 8 nitrogen and oxygen atoms in total. The van der Waals surface area contributed by atoms with Gasteiger partial charge in [0.2, 0.25) is 5.91 Å². The van der Waals surface area contributed by atoms with E-state index in [9.17, 15) is 14.4 Å². The van der Waals surface area contributed by atoms with Gasteiger partial charge in [-0.3, -0.25) is 9.59 Å². The number of carbonyl (C=O) groups excluding carboxylic acids is 3. The molecule has 2 amide bonds. The summed E-state index contributed by atoms with van der Waals surface area (Å²) < 4.78 is 10.3. The third-order valence-corrected chi connectivity index (χ3v) is 6.10. The van der Waals surface area contributed by atoms with E-state index in [4.69, 9.17) is 9.47 Å². The van der Waals surface area contributed by atoms with Crippen molar-refractivity contribution in [3.05, 3.63) is 35.9 Å². The average molecular weight is 446 g/mol. The molecule has 1 saturated heterocycles. The van der Waals surface area contributed by atoms with E-state index in [1.165, 1.54) is 7.11 Å². The lowest BCUT2D eigenvalue weighted by Crippen LogP contribution is -2.55. The number of hydrogen-bond donors (Lipinski definition) is 2. The average Bonchev–Trinajstić information content (AvgIpc) is 3.11. The first-order chi connectivity index (χ1) is 15.2. The fourth-order valence-corrected chi connectivity index (χ4v) is 4.75. The first-order valence-electron chi connectivity index (χ1n) is 11.3. The summed E-state index contributed by atoms with van der Waals surface area (Å²) in [7, 11) is 1.39. The number of hydrogen-bond acceptors (Lipinski definition) is 6. The zero-order chi connectivity index (χ0) is 23.3.